The van der Waals surface area contributed by atoms with Gasteiger partial charge in [0.1, 0.15) is 13.2 Å². The van der Waals surface area contributed by atoms with Gasteiger partial charge >= 0.3 is 0 Å². The van der Waals surface area contributed by atoms with E-state index in [0.717, 1.165) is 5.56 Å². The van der Waals surface area contributed by atoms with Crippen LogP contribution < -0.4 is 24.2 Å². The number of benzene rings is 2. The molecule has 2 heterocycles. The highest BCUT2D eigenvalue weighted by molar-refractivity contribution is 7.07. The molecule has 3 aromatic rings. The molecule has 6 heteroatoms. The van der Waals surface area contributed by atoms with Crippen molar-refractivity contribution in [1.82, 2.24) is 4.98 Å². The first-order chi connectivity index (χ1) is 14.3. The summed E-state index contributed by atoms with van der Waals surface area (Å²) in [5.74, 6) is 1.23. The SMILES string of the molecule is CC(C)(C)c1ccc(C(=O)/C=c2/[nH]c(=O)/c(=C/c3ccc4c(c3)OCCO4)s2)cc1. The minimum absolute atomic E-state index is 0.0306. The first kappa shape index (κ1) is 20.2. The normalized spacial score (nSPS) is 14.8. The van der Waals surface area contributed by atoms with Crippen LogP contribution in [0.3, 0.4) is 0 Å². The molecule has 0 amide bonds. The van der Waals surface area contributed by atoms with Gasteiger partial charge in [0, 0.05) is 11.6 Å². The van der Waals surface area contributed by atoms with Crippen LogP contribution in [0, 0.1) is 0 Å². The van der Waals surface area contributed by atoms with Gasteiger partial charge in [-0.25, -0.2) is 0 Å². The number of thiazole rings is 1. The van der Waals surface area contributed by atoms with Crippen molar-refractivity contribution in [2.45, 2.75) is 26.2 Å². The molecule has 0 saturated heterocycles. The van der Waals surface area contributed by atoms with E-state index in [-0.39, 0.29) is 16.8 Å². The Bertz CT molecular complexity index is 1260. The second-order valence-electron chi connectivity index (χ2n) is 8.17. The fraction of sp³-hybridized carbons (Fsp3) is 0.250. The second-order valence-corrected chi connectivity index (χ2v) is 9.25. The van der Waals surface area contributed by atoms with Crippen LogP contribution in [-0.4, -0.2) is 24.0 Å². The standard InChI is InChI=1S/C24H23NO4S/c1-24(2,3)17-7-5-16(6-8-17)18(26)14-22-25-23(27)21(30-22)13-15-4-9-19-20(12-15)29-11-10-28-19/h4-9,12-14H,10-11H2,1-3H3,(H,25,27)/b21-13-,22-14-. The summed E-state index contributed by atoms with van der Waals surface area (Å²) in [6.07, 6.45) is 3.25. The zero-order valence-electron chi connectivity index (χ0n) is 17.2. The van der Waals surface area contributed by atoms with Crippen LogP contribution >= 0.6 is 11.3 Å². The van der Waals surface area contributed by atoms with Crippen LogP contribution in [0.2, 0.25) is 0 Å². The third-order valence-electron chi connectivity index (χ3n) is 4.84. The molecule has 0 atom stereocenters. The molecule has 0 aliphatic carbocycles. The first-order valence-electron chi connectivity index (χ1n) is 9.77. The van der Waals surface area contributed by atoms with Gasteiger partial charge in [-0.15, -0.1) is 11.3 Å². The lowest BCUT2D eigenvalue weighted by atomic mass is 9.86. The highest BCUT2D eigenvalue weighted by Gasteiger charge is 2.14. The third kappa shape index (κ3) is 4.39. The van der Waals surface area contributed by atoms with Gasteiger partial charge in [-0.2, -0.15) is 0 Å². The third-order valence-corrected chi connectivity index (χ3v) is 5.81. The van der Waals surface area contributed by atoms with Gasteiger partial charge < -0.3 is 14.5 Å². The number of aromatic amines is 1. The van der Waals surface area contributed by atoms with Gasteiger partial charge in [0.25, 0.3) is 5.56 Å². The predicted molar refractivity (Wildman–Crippen MR) is 119 cm³/mol. The zero-order chi connectivity index (χ0) is 21.3. The fourth-order valence-corrected chi connectivity index (χ4v) is 4.05. The van der Waals surface area contributed by atoms with E-state index < -0.39 is 0 Å². The van der Waals surface area contributed by atoms with Crippen molar-refractivity contribution >= 4 is 29.3 Å². The number of ketones is 1. The van der Waals surface area contributed by atoms with E-state index >= 15 is 0 Å². The number of carbonyl (C=O) groups excluding carboxylic acids is 1. The topological polar surface area (TPSA) is 68.4 Å². The second kappa shape index (κ2) is 7.95. The number of H-pyrrole nitrogens is 1. The van der Waals surface area contributed by atoms with E-state index in [1.807, 2.05) is 42.5 Å². The van der Waals surface area contributed by atoms with Crippen LogP contribution in [0.15, 0.2) is 47.3 Å². The lowest BCUT2D eigenvalue weighted by Crippen LogP contribution is -2.20. The summed E-state index contributed by atoms with van der Waals surface area (Å²) >= 11 is 1.25. The van der Waals surface area contributed by atoms with Crippen molar-refractivity contribution < 1.29 is 14.3 Å². The predicted octanol–water partition coefficient (Wildman–Crippen LogP) is 3.00. The summed E-state index contributed by atoms with van der Waals surface area (Å²) < 4.78 is 12.2. The molecular formula is C24H23NO4S. The number of nitrogens with one attached hydrogen (secondary N) is 1. The Morgan fingerprint density at radius 1 is 1.03 bits per heavy atom. The maximum atomic E-state index is 12.6. The van der Waals surface area contributed by atoms with Crippen molar-refractivity contribution in [3.8, 4) is 11.5 Å². The summed E-state index contributed by atoms with van der Waals surface area (Å²) in [7, 11) is 0. The Hall–Kier alpha value is -3.12. The maximum Gasteiger partial charge on any atom is 0.266 e. The number of rotatable bonds is 3. The molecule has 2 aromatic carbocycles. The fourth-order valence-electron chi connectivity index (χ4n) is 3.16. The van der Waals surface area contributed by atoms with E-state index in [4.69, 9.17) is 9.47 Å². The van der Waals surface area contributed by atoms with Crippen molar-refractivity contribution in [2.24, 2.45) is 0 Å². The molecule has 154 valence electrons. The Labute approximate surface area is 178 Å². The monoisotopic (exact) mass is 421 g/mol. The van der Waals surface area contributed by atoms with Crippen LogP contribution in [-0.2, 0) is 5.41 Å². The molecule has 0 fully saturated rings. The number of hydrogen-bond donors (Lipinski definition) is 1. The van der Waals surface area contributed by atoms with Crippen LogP contribution in [0.5, 0.6) is 11.5 Å². The van der Waals surface area contributed by atoms with Gasteiger partial charge in [0.2, 0.25) is 0 Å². The summed E-state index contributed by atoms with van der Waals surface area (Å²) in [5.41, 5.74) is 2.40. The molecule has 30 heavy (non-hydrogen) atoms. The van der Waals surface area contributed by atoms with Crippen LogP contribution in [0.4, 0.5) is 0 Å². The number of ether oxygens (including phenoxy) is 2. The highest BCUT2D eigenvalue weighted by atomic mass is 32.1. The van der Waals surface area contributed by atoms with Crippen molar-refractivity contribution in [3.05, 3.63) is 78.7 Å². The van der Waals surface area contributed by atoms with Gasteiger partial charge in [0.15, 0.2) is 17.3 Å². The van der Waals surface area contributed by atoms with E-state index in [1.165, 1.54) is 23.0 Å². The van der Waals surface area contributed by atoms with E-state index in [2.05, 4.69) is 25.8 Å². The molecule has 0 saturated carbocycles. The average Bonchev–Trinajstić information content (AvgIpc) is 3.06. The number of fused-ring (bicyclic) bond motifs is 1. The Balaban J connectivity index is 1.62. The first-order valence-corrected chi connectivity index (χ1v) is 10.6. The molecule has 0 radical (unpaired) electrons. The van der Waals surface area contributed by atoms with Gasteiger partial charge in [-0.3, -0.25) is 9.59 Å². The summed E-state index contributed by atoms with van der Waals surface area (Å²) in [5, 5.41) is 0. The van der Waals surface area contributed by atoms with Gasteiger partial charge in [-0.1, -0.05) is 51.1 Å². The average molecular weight is 422 g/mol. The van der Waals surface area contributed by atoms with Gasteiger partial charge in [-0.05, 0) is 34.8 Å². The highest BCUT2D eigenvalue weighted by Crippen LogP contribution is 2.30. The summed E-state index contributed by atoms with van der Waals surface area (Å²) in [4.78, 5) is 27.7. The molecular weight excluding hydrogens is 398 g/mol. The minimum atomic E-state index is -0.225. The lowest BCUT2D eigenvalue weighted by Gasteiger charge is -2.18. The molecule has 1 aromatic heterocycles. The minimum Gasteiger partial charge on any atom is -0.486 e. The molecule has 1 N–H and O–H groups in total. The maximum absolute atomic E-state index is 12.6. The van der Waals surface area contributed by atoms with Crippen molar-refractivity contribution in [3.63, 3.8) is 0 Å². The van der Waals surface area contributed by atoms with E-state index in [0.29, 0.717) is 39.5 Å². The number of carbonyl (C=O) groups is 1. The Kier molecular flexibility index (Phi) is 5.35. The van der Waals surface area contributed by atoms with Crippen molar-refractivity contribution in [2.75, 3.05) is 13.2 Å². The molecule has 0 spiro atoms. The van der Waals surface area contributed by atoms with Crippen LogP contribution in [0.1, 0.15) is 42.3 Å². The summed E-state index contributed by atoms with van der Waals surface area (Å²) in [6, 6.07) is 13.1. The molecule has 1 aliphatic heterocycles. The summed E-state index contributed by atoms with van der Waals surface area (Å²) in [6.45, 7) is 7.44. The molecule has 0 unspecified atom stereocenters. The quantitative estimate of drug-likeness (QED) is 0.660. The van der Waals surface area contributed by atoms with Gasteiger partial charge in [0.05, 0.1) is 9.20 Å². The Morgan fingerprint density at radius 3 is 2.43 bits per heavy atom. The molecule has 1 aliphatic rings. The Morgan fingerprint density at radius 2 is 1.73 bits per heavy atom. The number of hydrogen-bond acceptors (Lipinski definition) is 5. The largest absolute Gasteiger partial charge is 0.486 e. The van der Waals surface area contributed by atoms with E-state index in [1.54, 1.807) is 6.08 Å². The smallest absolute Gasteiger partial charge is 0.266 e. The van der Waals surface area contributed by atoms with E-state index in [9.17, 15) is 9.59 Å². The number of aromatic nitrogens is 1. The molecule has 4 rings (SSSR count). The zero-order valence-corrected chi connectivity index (χ0v) is 18.0. The van der Waals surface area contributed by atoms with Crippen LogP contribution in [0.25, 0.3) is 12.2 Å². The van der Waals surface area contributed by atoms with Crippen molar-refractivity contribution in [1.29, 1.82) is 0 Å². The molecule has 5 nitrogen and oxygen atoms in total. The molecule has 0 bridgehead atoms. The number of Topliss-reactive ketones (excluding diaryl/α,β-unsaturated/α-hetero) is 1. The lowest BCUT2D eigenvalue weighted by molar-refractivity contribution is 0.106.